The highest BCUT2D eigenvalue weighted by Crippen LogP contribution is 1.93. The van der Waals surface area contributed by atoms with E-state index in [-0.39, 0.29) is 0 Å². The number of carbonyl (C=O) groups is 1. The number of allylic oxidation sites excluding steroid dienone is 1. The molecule has 56 valence electrons. The fourth-order valence-corrected chi connectivity index (χ4v) is 0.580. The Kier molecular flexibility index (Phi) is 5.80. The normalized spacial score (nSPS) is 8.20. The lowest BCUT2D eigenvalue weighted by molar-refractivity contribution is -0.107. The second-order valence-electron chi connectivity index (χ2n) is 2.45. The summed E-state index contributed by atoms with van der Waals surface area (Å²) in [5.41, 5.74) is 4.27. The first-order valence-electron chi connectivity index (χ1n) is 3.59. The molecule has 0 N–H and O–H groups in total. The van der Waals surface area contributed by atoms with Crippen molar-refractivity contribution in [2.45, 2.75) is 33.1 Å². The maximum Gasteiger partial charge on any atom is 0.120 e. The first-order chi connectivity index (χ1) is 4.77. The van der Waals surface area contributed by atoms with Crippen molar-refractivity contribution in [3.05, 3.63) is 17.4 Å². The standard InChI is InChI=1S/C9H14O/c1-9(2)7-5-3-4-6-8-10/h5,8H,3-4,6H2,1-2H3. The van der Waals surface area contributed by atoms with E-state index in [9.17, 15) is 4.79 Å². The Bertz CT molecular complexity index is 146. The van der Waals surface area contributed by atoms with Crippen LogP contribution >= 0.6 is 0 Å². The van der Waals surface area contributed by atoms with Gasteiger partial charge in [-0.1, -0.05) is 0 Å². The van der Waals surface area contributed by atoms with E-state index in [2.05, 4.69) is 5.73 Å². The molecule has 10 heavy (non-hydrogen) atoms. The van der Waals surface area contributed by atoms with Crippen LogP contribution in [0.3, 0.4) is 0 Å². The van der Waals surface area contributed by atoms with Crippen LogP contribution in [0, 0.1) is 0 Å². The molecule has 0 atom stereocenters. The number of aldehydes is 1. The second-order valence-corrected chi connectivity index (χ2v) is 2.45. The molecule has 0 aromatic carbocycles. The average Bonchev–Trinajstić information content (AvgIpc) is 1.87. The number of carbonyl (C=O) groups excluding carboxylic acids is 1. The molecule has 0 fully saturated rings. The summed E-state index contributed by atoms with van der Waals surface area (Å²) in [6, 6.07) is 0. The van der Waals surface area contributed by atoms with Gasteiger partial charge in [-0.3, -0.25) is 0 Å². The van der Waals surface area contributed by atoms with Crippen molar-refractivity contribution in [3.8, 4) is 0 Å². The summed E-state index contributed by atoms with van der Waals surface area (Å²) in [6.07, 6.45) is 5.52. The van der Waals surface area contributed by atoms with Crippen LogP contribution in [0.2, 0.25) is 0 Å². The van der Waals surface area contributed by atoms with Gasteiger partial charge in [0.1, 0.15) is 6.29 Å². The topological polar surface area (TPSA) is 17.1 Å². The van der Waals surface area contributed by atoms with Gasteiger partial charge in [0, 0.05) is 6.42 Å². The van der Waals surface area contributed by atoms with Crippen LogP contribution < -0.4 is 0 Å². The number of unbranched alkanes of at least 4 members (excludes halogenated alkanes) is 2. The van der Waals surface area contributed by atoms with Gasteiger partial charge in [0.05, 0.1) is 0 Å². The van der Waals surface area contributed by atoms with Crippen LogP contribution in [-0.2, 0) is 4.79 Å². The largest absolute Gasteiger partial charge is 0.303 e. The molecule has 0 aromatic rings. The molecule has 1 heteroatoms. The zero-order chi connectivity index (χ0) is 7.82. The summed E-state index contributed by atoms with van der Waals surface area (Å²) >= 11 is 0. The van der Waals surface area contributed by atoms with Crippen molar-refractivity contribution in [1.29, 1.82) is 0 Å². The van der Waals surface area contributed by atoms with Gasteiger partial charge in [0.2, 0.25) is 0 Å². The highest BCUT2D eigenvalue weighted by atomic mass is 16.1. The molecule has 0 unspecified atom stereocenters. The maximum absolute atomic E-state index is 9.86. The Hall–Kier alpha value is -0.810. The van der Waals surface area contributed by atoms with Gasteiger partial charge in [-0.25, -0.2) is 0 Å². The van der Waals surface area contributed by atoms with Gasteiger partial charge in [0.15, 0.2) is 0 Å². The molecule has 0 heterocycles. The van der Waals surface area contributed by atoms with E-state index >= 15 is 0 Å². The Morgan fingerprint density at radius 2 is 2.10 bits per heavy atom. The van der Waals surface area contributed by atoms with Crippen molar-refractivity contribution in [2.75, 3.05) is 0 Å². The van der Waals surface area contributed by atoms with Crippen LogP contribution in [0.25, 0.3) is 0 Å². The lowest BCUT2D eigenvalue weighted by atomic mass is 10.2. The van der Waals surface area contributed by atoms with Crippen molar-refractivity contribution < 1.29 is 4.79 Å². The summed E-state index contributed by atoms with van der Waals surface area (Å²) in [5, 5.41) is 0. The lowest BCUT2D eigenvalue weighted by Crippen LogP contribution is -1.72. The van der Waals surface area contributed by atoms with Crippen LogP contribution in [0.15, 0.2) is 17.4 Å². The first-order valence-corrected chi connectivity index (χ1v) is 3.59. The maximum atomic E-state index is 9.86. The highest BCUT2D eigenvalue weighted by Gasteiger charge is 1.79. The minimum Gasteiger partial charge on any atom is -0.303 e. The molecular weight excluding hydrogens is 124 g/mol. The highest BCUT2D eigenvalue weighted by molar-refractivity contribution is 5.48. The van der Waals surface area contributed by atoms with Gasteiger partial charge < -0.3 is 4.79 Å². The number of hydrogen-bond donors (Lipinski definition) is 0. The van der Waals surface area contributed by atoms with E-state index in [4.69, 9.17) is 0 Å². The minimum absolute atomic E-state index is 0.668. The third-order valence-corrected chi connectivity index (χ3v) is 1.06. The van der Waals surface area contributed by atoms with E-state index in [1.54, 1.807) is 0 Å². The molecule has 0 bridgehead atoms. The lowest BCUT2D eigenvalue weighted by Gasteiger charge is -1.83. The van der Waals surface area contributed by atoms with E-state index in [1.165, 1.54) is 5.57 Å². The van der Waals surface area contributed by atoms with E-state index in [0.717, 1.165) is 19.1 Å². The quantitative estimate of drug-likeness (QED) is 0.331. The average molecular weight is 138 g/mol. The Morgan fingerprint density at radius 1 is 1.40 bits per heavy atom. The summed E-state index contributed by atoms with van der Waals surface area (Å²) in [6.45, 7) is 4.02. The number of rotatable bonds is 4. The summed E-state index contributed by atoms with van der Waals surface area (Å²) in [5.74, 6) is 0. The molecule has 0 aliphatic rings. The second kappa shape index (κ2) is 6.31. The Balaban J connectivity index is 3.36. The molecule has 0 aliphatic carbocycles. The molecule has 0 amide bonds. The molecule has 1 nitrogen and oxygen atoms in total. The van der Waals surface area contributed by atoms with Crippen LogP contribution in [0.4, 0.5) is 0 Å². The predicted molar refractivity (Wildman–Crippen MR) is 42.9 cm³/mol. The van der Waals surface area contributed by atoms with E-state index in [1.807, 2.05) is 19.9 Å². The Labute approximate surface area is 62.4 Å². The molecule has 0 aliphatic heterocycles. The van der Waals surface area contributed by atoms with Gasteiger partial charge in [0.25, 0.3) is 0 Å². The monoisotopic (exact) mass is 138 g/mol. The fourth-order valence-electron chi connectivity index (χ4n) is 0.580. The summed E-state index contributed by atoms with van der Waals surface area (Å²) in [4.78, 5) is 9.86. The van der Waals surface area contributed by atoms with E-state index in [0.29, 0.717) is 6.42 Å². The van der Waals surface area contributed by atoms with E-state index < -0.39 is 0 Å². The van der Waals surface area contributed by atoms with Crippen LogP contribution in [-0.4, -0.2) is 6.29 Å². The van der Waals surface area contributed by atoms with Gasteiger partial charge in [-0.15, -0.1) is 5.73 Å². The minimum atomic E-state index is 0.668. The predicted octanol–water partition coefficient (Wildman–Crippen LogP) is 2.48. The van der Waals surface area contributed by atoms with Crippen molar-refractivity contribution >= 4 is 6.29 Å². The molecule has 0 aromatic heterocycles. The van der Waals surface area contributed by atoms with Crippen LogP contribution in [0.1, 0.15) is 33.1 Å². The molecular formula is C9H14O. The van der Waals surface area contributed by atoms with Crippen molar-refractivity contribution in [3.63, 3.8) is 0 Å². The molecule has 0 saturated carbocycles. The third-order valence-electron chi connectivity index (χ3n) is 1.06. The van der Waals surface area contributed by atoms with Crippen molar-refractivity contribution in [2.24, 2.45) is 0 Å². The summed E-state index contributed by atoms with van der Waals surface area (Å²) in [7, 11) is 0. The van der Waals surface area contributed by atoms with Gasteiger partial charge in [-0.2, -0.15) is 0 Å². The SMILES string of the molecule is CC(C)=C=CCCCC=O. The Morgan fingerprint density at radius 3 is 2.60 bits per heavy atom. The molecule has 0 spiro atoms. The van der Waals surface area contributed by atoms with Crippen LogP contribution in [0.5, 0.6) is 0 Å². The first kappa shape index (κ1) is 9.19. The zero-order valence-electron chi connectivity index (χ0n) is 6.68. The third kappa shape index (κ3) is 7.19. The fraction of sp³-hybridized carbons (Fsp3) is 0.556. The zero-order valence-corrected chi connectivity index (χ0v) is 6.68. The number of hydrogen-bond acceptors (Lipinski definition) is 1. The smallest absolute Gasteiger partial charge is 0.120 e. The molecule has 0 radical (unpaired) electrons. The van der Waals surface area contributed by atoms with Gasteiger partial charge in [-0.05, 0) is 38.3 Å². The molecule has 0 rings (SSSR count). The molecule has 0 saturated heterocycles. The summed E-state index contributed by atoms with van der Waals surface area (Å²) < 4.78 is 0. The van der Waals surface area contributed by atoms with Gasteiger partial charge >= 0.3 is 0 Å². The van der Waals surface area contributed by atoms with Crippen molar-refractivity contribution in [1.82, 2.24) is 0 Å².